The zero-order chi connectivity index (χ0) is 10.3. The van der Waals surface area contributed by atoms with Crippen LogP contribution < -0.4 is 5.32 Å². The Morgan fingerprint density at radius 3 is 3.07 bits per heavy atom. The molecule has 2 N–H and O–H groups in total. The van der Waals surface area contributed by atoms with Gasteiger partial charge in [-0.3, -0.25) is 4.99 Å². The third kappa shape index (κ3) is 1.39. The van der Waals surface area contributed by atoms with Gasteiger partial charge in [0.2, 0.25) is 0 Å². The Morgan fingerprint density at radius 1 is 1.33 bits per heavy atom. The predicted molar refractivity (Wildman–Crippen MR) is 62.7 cm³/mol. The standard InChI is InChI=1S/C11H10ClN3/c12-7-1-2-10-8(5-7)9(6-15-10)11-13-3-4-14-11/h1-2,5-6,15H,3-4H2,(H,13,14). The molecule has 0 spiro atoms. The lowest BCUT2D eigenvalue weighted by molar-refractivity contribution is 0.960. The molecule has 0 saturated carbocycles. The van der Waals surface area contributed by atoms with E-state index in [0.29, 0.717) is 0 Å². The fraction of sp³-hybridized carbons (Fsp3) is 0.182. The smallest absolute Gasteiger partial charge is 0.130 e. The minimum Gasteiger partial charge on any atom is -0.368 e. The fourth-order valence-electron chi connectivity index (χ4n) is 1.87. The number of fused-ring (bicyclic) bond motifs is 1. The molecule has 1 aliphatic heterocycles. The van der Waals surface area contributed by atoms with Crippen LogP contribution in [0, 0.1) is 0 Å². The highest BCUT2D eigenvalue weighted by atomic mass is 35.5. The van der Waals surface area contributed by atoms with E-state index in [0.717, 1.165) is 40.4 Å². The summed E-state index contributed by atoms with van der Waals surface area (Å²) in [4.78, 5) is 7.61. The molecule has 0 bridgehead atoms. The molecule has 76 valence electrons. The molecule has 2 aromatic rings. The van der Waals surface area contributed by atoms with E-state index in [1.165, 1.54) is 0 Å². The Morgan fingerprint density at radius 2 is 2.27 bits per heavy atom. The Labute approximate surface area is 92.2 Å². The number of hydrogen-bond acceptors (Lipinski definition) is 2. The van der Waals surface area contributed by atoms with E-state index in [1.807, 2.05) is 24.4 Å². The lowest BCUT2D eigenvalue weighted by Crippen LogP contribution is -2.18. The predicted octanol–water partition coefficient (Wildman–Crippen LogP) is 2.17. The van der Waals surface area contributed by atoms with Crippen molar-refractivity contribution in [3.8, 4) is 0 Å². The molecule has 2 heterocycles. The number of H-pyrrole nitrogens is 1. The summed E-state index contributed by atoms with van der Waals surface area (Å²) in [6.07, 6.45) is 1.97. The topological polar surface area (TPSA) is 40.2 Å². The third-order valence-electron chi connectivity index (χ3n) is 2.57. The van der Waals surface area contributed by atoms with Crippen molar-refractivity contribution in [1.82, 2.24) is 10.3 Å². The first-order valence-electron chi connectivity index (χ1n) is 4.90. The van der Waals surface area contributed by atoms with Crippen LogP contribution in [0.2, 0.25) is 5.02 Å². The first-order valence-corrected chi connectivity index (χ1v) is 5.28. The molecule has 0 aliphatic carbocycles. The molecule has 0 radical (unpaired) electrons. The molecule has 3 nitrogen and oxygen atoms in total. The Kier molecular flexibility index (Phi) is 1.92. The quantitative estimate of drug-likeness (QED) is 0.758. The van der Waals surface area contributed by atoms with Gasteiger partial charge < -0.3 is 10.3 Å². The SMILES string of the molecule is Clc1ccc2[nH]cc(C3=NCCN3)c2c1. The van der Waals surface area contributed by atoms with Gasteiger partial charge in [-0.1, -0.05) is 11.6 Å². The fourth-order valence-corrected chi connectivity index (χ4v) is 2.04. The number of aliphatic imine (C=N–C) groups is 1. The van der Waals surface area contributed by atoms with Crippen LogP contribution in [0.5, 0.6) is 0 Å². The molecular weight excluding hydrogens is 210 g/mol. The van der Waals surface area contributed by atoms with Crippen molar-refractivity contribution >= 4 is 28.3 Å². The highest BCUT2D eigenvalue weighted by Gasteiger charge is 2.12. The summed E-state index contributed by atoms with van der Waals surface area (Å²) < 4.78 is 0. The summed E-state index contributed by atoms with van der Waals surface area (Å²) in [6, 6.07) is 5.83. The minimum absolute atomic E-state index is 0.752. The number of rotatable bonds is 1. The van der Waals surface area contributed by atoms with Gasteiger partial charge in [-0.25, -0.2) is 0 Å². The average Bonchev–Trinajstić information content (AvgIpc) is 2.83. The van der Waals surface area contributed by atoms with Crippen LogP contribution in [0.4, 0.5) is 0 Å². The molecular formula is C11H10ClN3. The lowest BCUT2D eigenvalue weighted by atomic mass is 10.1. The zero-order valence-corrected chi connectivity index (χ0v) is 8.80. The molecule has 1 aliphatic rings. The summed E-state index contributed by atoms with van der Waals surface area (Å²) in [7, 11) is 0. The molecule has 0 fully saturated rings. The van der Waals surface area contributed by atoms with Crippen molar-refractivity contribution < 1.29 is 0 Å². The summed E-state index contributed by atoms with van der Waals surface area (Å²) in [5.41, 5.74) is 2.19. The van der Waals surface area contributed by atoms with Gasteiger partial charge in [0.15, 0.2) is 0 Å². The summed E-state index contributed by atoms with van der Waals surface area (Å²) >= 11 is 5.98. The monoisotopic (exact) mass is 219 g/mol. The van der Waals surface area contributed by atoms with E-state index in [-0.39, 0.29) is 0 Å². The number of aromatic nitrogens is 1. The summed E-state index contributed by atoms with van der Waals surface area (Å²) in [5.74, 6) is 0.962. The van der Waals surface area contributed by atoms with Crippen molar-refractivity contribution in [3.63, 3.8) is 0 Å². The second-order valence-corrected chi connectivity index (χ2v) is 3.99. The maximum absolute atomic E-state index is 5.98. The van der Waals surface area contributed by atoms with Gasteiger partial charge in [-0.2, -0.15) is 0 Å². The van der Waals surface area contributed by atoms with Crippen LogP contribution in [-0.2, 0) is 0 Å². The van der Waals surface area contributed by atoms with E-state index in [2.05, 4.69) is 15.3 Å². The van der Waals surface area contributed by atoms with Crippen molar-refractivity contribution in [2.75, 3.05) is 13.1 Å². The number of hydrogen-bond donors (Lipinski definition) is 2. The molecule has 1 aromatic carbocycles. The highest BCUT2D eigenvalue weighted by Crippen LogP contribution is 2.22. The van der Waals surface area contributed by atoms with Crippen molar-refractivity contribution in [2.24, 2.45) is 4.99 Å². The number of benzene rings is 1. The van der Waals surface area contributed by atoms with Crippen molar-refractivity contribution in [2.45, 2.75) is 0 Å². The van der Waals surface area contributed by atoms with E-state index in [9.17, 15) is 0 Å². The first kappa shape index (κ1) is 8.80. The van der Waals surface area contributed by atoms with Gasteiger partial charge in [0.1, 0.15) is 5.84 Å². The first-order chi connectivity index (χ1) is 7.34. The summed E-state index contributed by atoms with van der Waals surface area (Å²) in [6.45, 7) is 1.77. The summed E-state index contributed by atoms with van der Waals surface area (Å²) in [5, 5.41) is 5.13. The Balaban J connectivity index is 2.22. The molecule has 1 aromatic heterocycles. The minimum atomic E-state index is 0.752. The van der Waals surface area contributed by atoms with Crippen molar-refractivity contribution in [1.29, 1.82) is 0 Å². The number of aromatic amines is 1. The average molecular weight is 220 g/mol. The maximum Gasteiger partial charge on any atom is 0.130 e. The molecule has 0 saturated heterocycles. The number of halogens is 1. The normalized spacial score (nSPS) is 15.4. The molecule has 0 atom stereocenters. The maximum atomic E-state index is 5.98. The van der Waals surface area contributed by atoms with Gasteiger partial charge in [-0.05, 0) is 18.2 Å². The van der Waals surface area contributed by atoms with Gasteiger partial charge >= 0.3 is 0 Å². The van der Waals surface area contributed by atoms with Crippen LogP contribution in [0.3, 0.4) is 0 Å². The number of amidine groups is 1. The largest absolute Gasteiger partial charge is 0.368 e. The van der Waals surface area contributed by atoms with E-state index in [4.69, 9.17) is 11.6 Å². The van der Waals surface area contributed by atoms with Crippen LogP contribution in [0.15, 0.2) is 29.4 Å². The zero-order valence-electron chi connectivity index (χ0n) is 8.05. The number of nitrogens with one attached hydrogen (secondary N) is 2. The van der Waals surface area contributed by atoms with Crippen molar-refractivity contribution in [3.05, 3.63) is 35.0 Å². The van der Waals surface area contributed by atoms with Gasteiger partial charge in [0.25, 0.3) is 0 Å². The van der Waals surface area contributed by atoms with E-state index in [1.54, 1.807) is 0 Å². The van der Waals surface area contributed by atoms with Crippen LogP contribution >= 0.6 is 11.6 Å². The van der Waals surface area contributed by atoms with Crippen LogP contribution in [0.25, 0.3) is 10.9 Å². The second-order valence-electron chi connectivity index (χ2n) is 3.55. The molecule has 3 rings (SSSR count). The second kappa shape index (κ2) is 3.28. The highest BCUT2D eigenvalue weighted by molar-refractivity contribution is 6.31. The number of nitrogens with zero attached hydrogens (tertiary/aromatic N) is 1. The molecule has 0 amide bonds. The molecule has 0 unspecified atom stereocenters. The van der Waals surface area contributed by atoms with Gasteiger partial charge in [0.05, 0.1) is 6.54 Å². The van der Waals surface area contributed by atoms with E-state index < -0.39 is 0 Å². The molecule has 15 heavy (non-hydrogen) atoms. The van der Waals surface area contributed by atoms with Gasteiger partial charge in [-0.15, -0.1) is 0 Å². The molecule has 4 heteroatoms. The van der Waals surface area contributed by atoms with Gasteiger partial charge in [0, 0.05) is 34.2 Å². The lowest BCUT2D eigenvalue weighted by Gasteiger charge is -1.99. The third-order valence-corrected chi connectivity index (χ3v) is 2.81. The van der Waals surface area contributed by atoms with Crippen LogP contribution in [-0.4, -0.2) is 23.9 Å². The Hall–Kier alpha value is -1.48. The van der Waals surface area contributed by atoms with E-state index >= 15 is 0 Å². The Bertz CT molecular complexity index is 542. The van der Waals surface area contributed by atoms with Crippen LogP contribution in [0.1, 0.15) is 5.56 Å².